The fourth-order valence-electron chi connectivity index (χ4n) is 3.15. The number of hydrogen-bond donors (Lipinski definition) is 0. The molecular formula is C16H18. The Labute approximate surface area is 97.7 Å². The molecule has 0 amide bonds. The van der Waals surface area contributed by atoms with Gasteiger partial charge in [-0.1, -0.05) is 55.8 Å². The zero-order valence-electron chi connectivity index (χ0n) is 10.1. The van der Waals surface area contributed by atoms with Crippen molar-refractivity contribution in [2.24, 2.45) is 5.41 Å². The van der Waals surface area contributed by atoms with Crippen LogP contribution in [0.25, 0.3) is 5.57 Å². The molecule has 0 aliphatic heterocycles. The molecular weight excluding hydrogens is 192 g/mol. The van der Waals surface area contributed by atoms with Gasteiger partial charge in [-0.3, -0.25) is 0 Å². The summed E-state index contributed by atoms with van der Waals surface area (Å²) in [7, 11) is 0. The average Bonchev–Trinajstić information content (AvgIpc) is 2.51. The summed E-state index contributed by atoms with van der Waals surface area (Å²) in [6.07, 6.45) is 3.50. The van der Waals surface area contributed by atoms with E-state index >= 15 is 0 Å². The van der Waals surface area contributed by atoms with Crippen LogP contribution >= 0.6 is 0 Å². The smallest absolute Gasteiger partial charge is 0.00709 e. The first-order valence-electron chi connectivity index (χ1n) is 6.10. The molecule has 0 saturated carbocycles. The molecule has 0 spiro atoms. The lowest BCUT2D eigenvalue weighted by atomic mass is 9.77. The lowest BCUT2D eigenvalue weighted by molar-refractivity contribution is 0.532. The minimum atomic E-state index is 0.225. The van der Waals surface area contributed by atoms with Gasteiger partial charge in [-0.2, -0.15) is 0 Å². The molecule has 2 aliphatic carbocycles. The van der Waals surface area contributed by atoms with Crippen LogP contribution < -0.4 is 0 Å². The summed E-state index contributed by atoms with van der Waals surface area (Å²) in [6.45, 7) is 8.91. The monoisotopic (exact) mass is 210 g/mol. The van der Waals surface area contributed by atoms with E-state index < -0.39 is 0 Å². The summed E-state index contributed by atoms with van der Waals surface area (Å²) in [5, 5.41) is 0. The van der Waals surface area contributed by atoms with Crippen LogP contribution in [0.1, 0.15) is 37.8 Å². The fraction of sp³-hybridized carbons (Fsp3) is 0.375. The second-order valence-corrected chi connectivity index (χ2v) is 5.52. The number of aryl methyl sites for hydroxylation is 1. The van der Waals surface area contributed by atoms with Crippen LogP contribution in [0.3, 0.4) is 0 Å². The zero-order valence-corrected chi connectivity index (χ0v) is 10.1. The highest BCUT2D eigenvalue weighted by Gasteiger charge is 2.37. The molecule has 0 radical (unpaired) electrons. The van der Waals surface area contributed by atoms with E-state index in [1.54, 1.807) is 11.1 Å². The van der Waals surface area contributed by atoms with Crippen LogP contribution in [0.5, 0.6) is 0 Å². The van der Waals surface area contributed by atoms with E-state index in [-0.39, 0.29) is 5.41 Å². The topological polar surface area (TPSA) is 0 Å². The van der Waals surface area contributed by atoms with Gasteiger partial charge in [0.25, 0.3) is 0 Å². The van der Waals surface area contributed by atoms with E-state index in [2.05, 4.69) is 44.7 Å². The van der Waals surface area contributed by atoms with Crippen molar-refractivity contribution in [3.63, 3.8) is 0 Å². The van der Waals surface area contributed by atoms with Crippen molar-refractivity contribution < 1.29 is 0 Å². The van der Waals surface area contributed by atoms with Crippen LogP contribution in [-0.4, -0.2) is 0 Å². The van der Waals surface area contributed by atoms with Crippen molar-refractivity contribution in [2.75, 3.05) is 0 Å². The second kappa shape index (κ2) is 3.10. The summed E-state index contributed by atoms with van der Waals surface area (Å²) in [5.74, 6) is 0. The third-order valence-corrected chi connectivity index (χ3v) is 4.38. The molecule has 1 aromatic rings. The van der Waals surface area contributed by atoms with Crippen LogP contribution in [0.2, 0.25) is 0 Å². The molecule has 0 N–H and O–H groups in total. The predicted molar refractivity (Wildman–Crippen MR) is 69.2 cm³/mol. The van der Waals surface area contributed by atoms with Crippen LogP contribution in [0.4, 0.5) is 0 Å². The first-order chi connectivity index (χ1) is 7.60. The maximum Gasteiger partial charge on any atom is 0.00709 e. The Kier molecular flexibility index (Phi) is 1.92. The van der Waals surface area contributed by atoms with Crippen molar-refractivity contribution in [1.29, 1.82) is 0 Å². The number of benzene rings is 1. The first-order valence-corrected chi connectivity index (χ1v) is 6.10. The molecule has 0 nitrogen and oxygen atoms in total. The van der Waals surface area contributed by atoms with Gasteiger partial charge in [-0.05, 0) is 36.0 Å². The standard InChI is InChI=1S/C16H18/c1-11-10-14-13-7-5-4-6-12(13)8-9-15(14)16(11,2)3/h4-7H,1,8-10H2,2-3H3. The fourth-order valence-corrected chi connectivity index (χ4v) is 3.15. The quantitative estimate of drug-likeness (QED) is 0.558. The SMILES string of the molecule is C=C1CC2=C(CCc3ccccc32)C1(C)C. The van der Waals surface area contributed by atoms with Crippen molar-refractivity contribution in [3.05, 3.63) is 53.1 Å². The highest BCUT2D eigenvalue weighted by Crippen LogP contribution is 2.53. The molecule has 2 aliphatic rings. The highest BCUT2D eigenvalue weighted by molar-refractivity contribution is 5.79. The number of fused-ring (bicyclic) bond motifs is 2. The number of hydrogen-bond acceptors (Lipinski definition) is 0. The predicted octanol–water partition coefficient (Wildman–Crippen LogP) is 4.37. The van der Waals surface area contributed by atoms with E-state index in [9.17, 15) is 0 Å². The summed E-state index contributed by atoms with van der Waals surface area (Å²) < 4.78 is 0. The second-order valence-electron chi connectivity index (χ2n) is 5.52. The van der Waals surface area contributed by atoms with Gasteiger partial charge in [0.1, 0.15) is 0 Å². The molecule has 1 aromatic carbocycles. The number of allylic oxidation sites excluding steroid dienone is 3. The van der Waals surface area contributed by atoms with E-state index in [0.717, 1.165) is 6.42 Å². The summed E-state index contributed by atoms with van der Waals surface area (Å²) in [6, 6.07) is 8.86. The maximum atomic E-state index is 4.26. The molecule has 3 rings (SSSR count). The first kappa shape index (κ1) is 9.89. The summed E-state index contributed by atoms with van der Waals surface area (Å²) >= 11 is 0. The largest absolute Gasteiger partial charge is 0.0987 e. The van der Waals surface area contributed by atoms with Crippen molar-refractivity contribution in [3.8, 4) is 0 Å². The Bertz CT molecular complexity index is 501. The van der Waals surface area contributed by atoms with Gasteiger partial charge in [0.2, 0.25) is 0 Å². The summed E-state index contributed by atoms with van der Waals surface area (Å²) in [5.41, 5.74) is 7.81. The van der Waals surface area contributed by atoms with Crippen molar-refractivity contribution in [1.82, 2.24) is 0 Å². The normalized spacial score (nSPS) is 22.0. The Balaban J connectivity index is 2.20. The Morgan fingerprint density at radius 2 is 1.88 bits per heavy atom. The molecule has 0 bridgehead atoms. The number of rotatable bonds is 0. The third-order valence-electron chi connectivity index (χ3n) is 4.38. The van der Waals surface area contributed by atoms with Gasteiger partial charge in [0, 0.05) is 5.41 Å². The minimum Gasteiger partial charge on any atom is -0.0987 e. The minimum absolute atomic E-state index is 0.225. The van der Waals surface area contributed by atoms with Gasteiger partial charge < -0.3 is 0 Å². The molecule has 82 valence electrons. The van der Waals surface area contributed by atoms with Crippen molar-refractivity contribution >= 4 is 5.57 Å². The Morgan fingerprint density at radius 1 is 1.12 bits per heavy atom. The van der Waals surface area contributed by atoms with Crippen LogP contribution in [0.15, 0.2) is 42.0 Å². The average molecular weight is 210 g/mol. The molecule has 16 heavy (non-hydrogen) atoms. The third kappa shape index (κ3) is 1.16. The van der Waals surface area contributed by atoms with Crippen molar-refractivity contribution in [2.45, 2.75) is 33.1 Å². The molecule has 0 unspecified atom stereocenters. The van der Waals surface area contributed by atoms with Crippen LogP contribution in [-0.2, 0) is 6.42 Å². The van der Waals surface area contributed by atoms with E-state index in [1.165, 1.54) is 29.5 Å². The Morgan fingerprint density at radius 3 is 2.69 bits per heavy atom. The molecule has 0 saturated heterocycles. The van der Waals surface area contributed by atoms with Crippen LogP contribution in [0, 0.1) is 5.41 Å². The lowest BCUT2D eigenvalue weighted by Gasteiger charge is -2.27. The van der Waals surface area contributed by atoms with E-state index in [4.69, 9.17) is 0 Å². The van der Waals surface area contributed by atoms with Gasteiger partial charge in [-0.25, -0.2) is 0 Å². The Hall–Kier alpha value is -1.30. The molecule has 0 heterocycles. The van der Waals surface area contributed by atoms with Gasteiger partial charge in [0.05, 0.1) is 0 Å². The molecule has 0 aromatic heterocycles. The van der Waals surface area contributed by atoms with Gasteiger partial charge >= 0.3 is 0 Å². The summed E-state index contributed by atoms with van der Waals surface area (Å²) in [4.78, 5) is 0. The van der Waals surface area contributed by atoms with E-state index in [1.807, 2.05) is 0 Å². The highest BCUT2D eigenvalue weighted by atomic mass is 14.4. The maximum absolute atomic E-state index is 4.26. The van der Waals surface area contributed by atoms with Gasteiger partial charge in [0.15, 0.2) is 0 Å². The van der Waals surface area contributed by atoms with Gasteiger partial charge in [-0.15, -0.1) is 0 Å². The molecule has 0 atom stereocenters. The lowest BCUT2D eigenvalue weighted by Crippen LogP contribution is -2.14. The molecule has 0 heteroatoms. The zero-order chi connectivity index (χ0) is 11.3. The van der Waals surface area contributed by atoms with E-state index in [0.29, 0.717) is 0 Å². The molecule has 0 fully saturated rings.